The van der Waals surface area contributed by atoms with E-state index in [2.05, 4.69) is 46.9 Å². The molecule has 0 radical (unpaired) electrons. The number of rotatable bonds is 12. The van der Waals surface area contributed by atoms with Crippen LogP contribution in [-0.4, -0.2) is 76.8 Å². The van der Waals surface area contributed by atoms with Crippen molar-refractivity contribution in [2.24, 2.45) is 4.99 Å². The van der Waals surface area contributed by atoms with E-state index in [4.69, 9.17) is 4.74 Å². The number of ether oxygens (including phenoxy) is 1. The molecule has 0 aliphatic rings. The Bertz CT molecular complexity index is 604. The van der Waals surface area contributed by atoms with Crippen molar-refractivity contribution < 1.29 is 9.53 Å². The lowest BCUT2D eigenvalue weighted by Gasteiger charge is -2.19. The predicted molar refractivity (Wildman–Crippen MR) is 116 cm³/mol. The first-order valence-electron chi connectivity index (χ1n) is 10.1. The lowest BCUT2D eigenvalue weighted by molar-refractivity contribution is 0.0582. The highest BCUT2D eigenvalue weighted by molar-refractivity contribution is 5.94. The van der Waals surface area contributed by atoms with Gasteiger partial charge in [0.15, 0.2) is 5.96 Å². The van der Waals surface area contributed by atoms with Crippen LogP contribution in [0, 0.1) is 0 Å². The molecule has 1 rings (SSSR count). The van der Waals surface area contributed by atoms with Gasteiger partial charge in [0, 0.05) is 38.9 Å². The Hall–Kier alpha value is -2.12. The first-order chi connectivity index (χ1) is 13.5. The van der Waals surface area contributed by atoms with Crippen molar-refractivity contribution >= 4 is 11.9 Å². The summed E-state index contributed by atoms with van der Waals surface area (Å²) in [7, 11) is 5.78. The molecule has 1 aromatic carbocycles. The summed E-state index contributed by atoms with van der Waals surface area (Å²) in [6.45, 7) is 7.90. The van der Waals surface area contributed by atoms with Crippen LogP contribution in [0.2, 0.25) is 0 Å². The molecule has 1 amide bonds. The van der Waals surface area contributed by atoms with Gasteiger partial charge in [-0.05, 0) is 58.5 Å². The van der Waals surface area contributed by atoms with Crippen LogP contribution in [-0.2, 0) is 11.2 Å². The molecular weight excluding hydrogens is 354 g/mol. The van der Waals surface area contributed by atoms with Gasteiger partial charge >= 0.3 is 0 Å². The summed E-state index contributed by atoms with van der Waals surface area (Å²) in [5.74, 6) is 0.726. The molecule has 1 unspecified atom stereocenters. The van der Waals surface area contributed by atoms with Gasteiger partial charge in [0.25, 0.3) is 5.91 Å². The van der Waals surface area contributed by atoms with E-state index in [1.54, 1.807) is 7.05 Å². The highest BCUT2D eigenvalue weighted by Crippen LogP contribution is 2.06. The maximum Gasteiger partial charge on any atom is 0.251 e. The number of hydrogen-bond donors (Lipinski definition) is 3. The summed E-state index contributed by atoms with van der Waals surface area (Å²) < 4.78 is 5.81. The fourth-order valence-corrected chi connectivity index (χ4v) is 2.74. The number of nitrogens with zero attached hydrogens (tertiary/aromatic N) is 2. The number of guanidine groups is 1. The monoisotopic (exact) mass is 391 g/mol. The van der Waals surface area contributed by atoms with Crippen molar-refractivity contribution in [1.82, 2.24) is 20.9 Å². The van der Waals surface area contributed by atoms with Crippen molar-refractivity contribution in [2.75, 3.05) is 53.9 Å². The lowest BCUT2D eigenvalue weighted by atomic mass is 10.1. The number of benzene rings is 1. The van der Waals surface area contributed by atoms with Crippen LogP contribution in [0.4, 0.5) is 0 Å². The van der Waals surface area contributed by atoms with Crippen molar-refractivity contribution in [1.29, 1.82) is 0 Å². The number of nitrogens with one attached hydrogen (secondary N) is 3. The number of carbonyl (C=O) groups excluding carboxylic acids is 1. The highest BCUT2D eigenvalue weighted by atomic mass is 16.5. The minimum absolute atomic E-state index is 0.0654. The van der Waals surface area contributed by atoms with E-state index in [9.17, 15) is 4.79 Å². The van der Waals surface area contributed by atoms with Gasteiger partial charge in [-0.1, -0.05) is 12.1 Å². The van der Waals surface area contributed by atoms with Crippen LogP contribution in [0.5, 0.6) is 0 Å². The van der Waals surface area contributed by atoms with Crippen LogP contribution in [0.1, 0.15) is 36.2 Å². The predicted octanol–water partition coefficient (Wildman–Crippen LogP) is 1.50. The molecule has 1 aromatic rings. The average molecular weight is 392 g/mol. The summed E-state index contributed by atoms with van der Waals surface area (Å²) in [5.41, 5.74) is 1.80. The second-order valence-electron chi connectivity index (χ2n) is 6.85. The highest BCUT2D eigenvalue weighted by Gasteiger charge is 2.09. The summed E-state index contributed by atoms with van der Waals surface area (Å²) in [4.78, 5) is 18.6. The zero-order valence-corrected chi connectivity index (χ0v) is 18.0. The molecule has 0 saturated carbocycles. The number of hydrogen-bond acceptors (Lipinski definition) is 4. The van der Waals surface area contributed by atoms with Crippen LogP contribution >= 0.6 is 0 Å². The van der Waals surface area contributed by atoms with E-state index in [-0.39, 0.29) is 12.0 Å². The van der Waals surface area contributed by atoms with Gasteiger partial charge in [-0.3, -0.25) is 9.79 Å². The molecule has 3 N–H and O–H groups in total. The standard InChI is InChI=1S/C21H37N5O2/c1-6-23-21(25-16-19(28-7-2)12-14-26(4)5)24-13-11-17-9-8-10-18(15-17)20(27)22-3/h8-10,15,19H,6-7,11-14,16H2,1-5H3,(H,22,27)(H2,23,24,25). The maximum absolute atomic E-state index is 11.8. The minimum atomic E-state index is -0.0654. The lowest BCUT2D eigenvalue weighted by Crippen LogP contribution is -2.39. The van der Waals surface area contributed by atoms with Crippen LogP contribution < -0.4 is 16.0 Å². The van der Waals surface area contributed by atoms with E-state index in [1.807, 2.05) is 31.2 Å². The molecule has 0 heterocycles. The molecule has 0 aliphatic heterocycles. The molecule has 1 atom stereocenters. The zero-order chi connectivity index (χ0) is 20.8. The number of aliphatic imine (C=N–C) groups is 1. The molecule has 158 valence electrons. The second kappa shape index (κ2) is 14.0. The first-order valence-corrected chi connectivity index (χ1v) is 10.1. The topological polar surface area (TPSA) is 78.0 Å². The van der Waals surface area contributed by atoms with Gasteiger partial charge in [-0.2, -0.15) is 0 Å². The molecule has 0 aromatic heterocycles. The molecule has 0 fully saturated rings. The van der Waals surface area contributed by atoms with Crippen LogP contribution in [0.15, 0.2) is 29.3 Å². The van der Waals surface area contributed by atoms with Crippen molar-refractivity contribution in [2.45, 2.75) is 32.8 Å². The zero-order valence-electron chi connectivity index (χ0n) is 18.0. The Morgan fingerprint density at radius 3 is 2.68 bits per heavy atom. The average Bonchev–Trinajstić information content (AvgIpc) is 2.69. The third-order valence-electron chi connectivity index (χ3n) is 4.22. The third-order valence-corrected chi connectivity index (χ3v) is 4.22. The number of amides is 1. The largest absolute Gasteiger partial charge is 0.377 e. The van der Waals surface area contributed by atoms with Gasteiger partial charge in [-0.25, -0.2) is 0 Å². The minimum Gasteiger partial charge on any atom is -0.377 e. The van der Waals surface area contributed by atoms with Gasteiger partial charge in [-0.15, -0.1) is 0 Å². The fraction of sp³-hybridized carbons (Fsp3) is 0.619. The third kappa shape index (κ3) is 9.71. The molecule has 0 saturated heterocycles. The van der Waals surface area contributed by atoms with Crippen molar-refractivity contribution in [3.05, 3.63) is 35.4 Å². The molecule has 7 heteroatoms. The van der Waals surface area contributed by atoms with Crippen LogP contribution in [0.3, 0.4) is 0 Å². The van der Waals surface area contributed by atoms with Gasteiger partial charge in [0.05, 0.1) is 12.6 Å². The Kier molecular flexibility index (Phi) is 11.9. The van der Waals surface area contributed by atoms with E-state index in [0.717, 1.165) is 44.0 Å². The Morgan fingerprint density at radius 2 is 2.04 bits per heavy atom. The Balaban J connectivity index is 2.58. The molecule has 0 bridgehead atoms. The maximum atomic E-state index is 11.8. The summed E-state index contributed by atoms with van der Waals surface area (Å²) in [6, 6.07) is 7.70. The molecular formula is C21H37N5O2. The van der Waals surface area contributed by atoms with Crippen molar-refractivity contribution in [3.8, 4) is 0 Å². The summed E-state index contributed by atoms with van der Waals surface area (Å²) in [5, 5.41) is 9.30. The number of carbonyl (C=O) groups is 1. The Labute approximate surface area is 169 Å². The van der Waals surface area contributed by atoms with E-state index in [0.29, 0.717) is 18.7 Å². The van der Waals surface area contributed by atoms with Gasteiger partial charge in [0.1, 0.15) is 0 Å². The first kappa shape index (κ1) is 23.9. The smallest absolute Gasteiger partial charge is 0.251 e. The summed E-state index contributed by atoms with van der Waals surface area (Å²) >= 11 is 0. The second-order valence-corrected chi connectivity index (χ2v) is 6.85. The van der Waals surface area contributed by atoms with Crippen molar-refractivity contribution in [3.63, 3.8) is 0 Å². The van der Waals surface area contributed by atoms with E-state index >= 15 is 0 Å². The molecule has 0 aliphatic carbocycles. The van der Waals surface area contributed by atoms with Gasteiger partial charge < -0.3 is 25.6 Å². The summed E-state index contributed by atoms with van der Waals surface area (Å²) in [6.07, 6.45) is 1.88. The van der Waals surface area contributed by atoms with E-state index < -0.39 is 0 Å². The Morgan fingerprint density at radius 1 is 1.25 bits per heavy atom. The van der Waals surface area contributed by atoms with Gasteiger partial charge in [0.2, 0.25) is 0 Å². The molecule has 28 heavy (non-hydrogen) atoms. The quantitative estimate of drug-likeness (QED) is 0.372. The SMILES string of the molecule is CCNC(=NCC(CCN(C)C)OCC)NCCc1cccc(C(=O)NC)c1. The molecule has 7 nitrogen and oxygen atoms in total. The normalized spacial score (nSPS) is 12.7. The van der Waals surface area contributed by atoms with Crippen LogP contribution in [0.25, 0.3) is 0 Å². The molecule has 0 spiro atoms. The fourth-order valence-electron chi connectivity index (χ4n) is 2.74. The van der Waals surface area contributed by atoms with E-state index in [1.165, 1.54) is 0 Å².